The van der Waals surface area contributed by atoms with Gasteiger partial charge < -0.3 is 14.8 Å². The molecule has 0 amide bonds. The van der Waals surface area contributed by atoms with Gasteiger partial charge in [0.2, 0.25) is 10.0 Å². The second-order valence-corrected chi connectivity index (χ2v) is 8.16. The first kappa shape index (κ1) is 21.0. The van der Waals surface area contributed by atoms with E-state index in [2.05, 4.69) is 10.0 Å². The van der Waals surface area contributed by atoms with Crippen molar-refractivity contribution < 1.29 is 22.7 Å². The fourth-order valence-electron chi connectivity index (χ4n) is 3.17. The van der Waals surface area contributed by atoms with Gasteiger partial charge in [-0.2, -0.15) is 0 Å². The molecule has 0 spiro atoms. The van der Waals surface area contributed by atoms with E-state index in [1.54, 1.807) is 19.1 Å². The van der Waals surface area contributed by atoms with Crippen LogP contribution in [0.5, 0.6) is 5.75 Å². The molecule has 0 bridgehead atoms. The third-order valence-electron chi connectivity index (χ3n) is 4.53. The predicted octanol–water partition coefficient (Wildman–Crippen LogP) is 1.25. The highest BCUT2D eigenvalue weighted by atomic mass is 35.5. The molecule has 2 N–H and O–H groups in total. The lowest BCUT2D eigenvalue weighted by Gasteiger charge is -2.22. The van der Waals surface area contributed by atoms with E-state index in [9.17, 15) is 13.2 Å². The van der Waals surface area contributed by atoms with Crippen LogP contribution in [0.4, 0.5) is 0 Å². The van der Waals surface area contributed by atoms with Gasteiger partial charge in [-0.1, -0.05) is 0 Å². The maximum absolute atomic E-state index is 12.5. The van der Waals surface area contributed by atoms with Crippen molar-refractivity contribution in [3.63, 3.8) is 0 Å². The number of rotatable bonds is 6. The maximum Gasteiger partial charge on any atom is 0.347 e. The fraction of sp³-hybridized carbons (Fsp3) is 0.588. The number of fused-ring (bicyclic) bond motifs is 1. The summed E-state index contributed by atoms with van der Waals surface area (Å²) in [6, 6.07) is 4.69. The van der Waals surface area contributed by atoms with E-state index < -0.39 is 22.1 Å². The van der Waals surface area contributed by atoms with Gasteiger partial charge in [0.05, 0.1) is 11.5 Å². The molecule has 2 aliphatic rings. The summed E-state index contributed by atoms with van der Waals surface area (Å²) in [4.78, 5) is 12.0. The van der Waals surface area contributed by atoms with Crippen molar-refractivity contribution in [1.82, 2.24) is 10.0 Å². The van der Waals surface area contributed by atoms with Gasteiger partial charge in [-0.25, -0.2) is 17.9 Å². The summed E-state index contributed by atoms with van der Waals surface area (Å²) in [5.41, 5.74) is 0.709. The first-order chi connectivity index (χ1) is 12.0. The molecule has 2 aliphatic heterocycles. The number of benzene rings is 1. The Morgan fingerprint density at radius 2 is 2.23 bits per heavy atom. The molecule has 0 aromatic heterocycles. The van der Waals surface area contributed by atoms with E-state index in [1.165, 1.54) is 6.07 Å². The number of carbonyl (C=O) groups excluding carboxylic acids is 1. The number of hydrogen-bond donors (Lipinski definition) is 2. The third kappa shape index (κ3) is 4.88. The molecule has 0 aliphatic carbocycles. The van der Waals surface area contributed by atoms with E-state index in [4.69, 9.17) is 9.47 Å². The summed E-state index contributed by atoms with van der Waals surface area (Å²) in [5.74, 6) is 0.425. The third-order valence-corrected chi connectivity index (χ3v) is 5.95. The Morgan fingerprint density at radius 3 is 2.92 bits per heavy atom. The zero-order chi connectivity index (χ0) is 17.9. The van der Waals surface area contributed by atoms with Crippen LogP contribution in [0.15, 0.2) is 23.1 Å². The highest BCUT2D eigenvalue weighted by Crippen LogP contribution is 2.31. The van der Waals surface area contributed by atoms with Crippen LogP contribution in [-0.2, 0) is 26.0 Å². The molecule has 7 nitrogen and oxygen atoms in total. The number of halogens is 1. The zero-order valence-corrected chi connectivity index (χ0v) is 16.3. The number of ether oxygens (including phenoxy) is 2. The van der Waals surface area contributed by atoms with Crippen LogP contribution in [-0.4, -0.2) is 46.7 Å². The Hall–Kier alpha value is -1.35. The molecule has 2 atom stereocenters. The smallest absolute Gasteiger partial charge is 0.347 e. The Labute approximate surface area is 160 Å². The van der Waals surface area contributed by atoms with Gasteiger partial charge in [-0.15, -0.1) is 12.4 Å². The van der Waals surface area contributed by atoms with Crippen LogP contribution in [0.25, 0.3) is 0 Å². The van der Waals surface area contributed by atoms with Crippen molar-refractivity contribution in [2.24, 2.45) is 5.92 Å². The molecular weight excluding hydrogens is 380 g/mol. The second kappa shape index (κ2) is 9.03. The number of esters is 1. The zero-order valence-electron chi connectivity index (χ0n) is 14.7. The van der Waals surface area contributed by atoms with Crippen molar-refractivity contribution in [3.05, 3.63) is 23.8 Å². The number of hydrogen-bond acceptors (Lipinski definition) is 6. The van der Waals surface area contributed by atoms with Crippen molar-refractivity contribution in [2.75, 3.05) is 26.2 Å². The molecule has 1 fully saturated rings. The molecule has 0 saturated carbocycles. The molecule has 1 aromatic rings. The molecule has 1 aromatic carbocycles. The van der Waals surface area contributed by atoms with Gasteiger partial charge in [0.15, 0.2) is 6.10 Å². The van der Waals surface area contributed by atoms with Gasteiger partial charge in [-0.3, -0.25) is 0 Å². The topological polar surface area (TPSA) is 93.7 Å². The summed E-state index contributed by atoms with van der Waals surface area (Å²) >= 11 is 0. The first-order valence-electron chi connectivity index (χ1n) is 8.66. The van der Waals surface area contributed by atoms with Crippen molar-refractivity contribution in [2.45, 2.75) is 37.2 Å². The van der Waals surface area contributed by atoms with Crippen molar-refractivity contribution >= 4 is 28.4 Å². The van der Waals surface area contributed by atoms with Gasteiger partial charge in [-0.05, 0) is 62.5 Å². The number of carbonyl (C=O) groups is 1. The largest absolute Gasteiger partial charge is 0.478 e. The molecule has 1 saturated heterocycles. The second-order valence-electron chi connectivity index (χ2n) is 6.40. The van der Waals surface area contributed by atoms with E-state index in [0.717, 1.165) is 25.9 Å². The minimum atomic E-state index is -3.58. The van der Waals surface area contributed by atoms with Crippen molar-refractivity contribution in [3.8, 4) is 5.75 Å². The van der Waals surface area contributed by atoms with Crippen LogP contribution in [0.3, 0.4) is 0 Å². The van der Waals surface area contributed by atoms with Crippen LogP contribution < -0.4 is 14.8 Å². The summed E-state index contributed by atoms with van der Waals surface area (Å²) in [7, 11) is -3.58. The monoisotopic (exact) mass is 404 g/mol. The lowest BCUT2D eigenvalue weighted by Crippen LogP contribution is -2.38. The normalized spacial score (nSPS) is 22.0. The molecule has 2 heterocycles. The molecule has 26 heavy (non-hydrogen) atoms. The van der Waals surface area contributed by atoms with E-state index >= 15 is 0 Å². The summed E-state index contributed by atoms with van der Waals surface area (Å²) < 4.78 is 38.3. The van der Waals surface area contributed by atoms with E-state index in [-0.39, 0.29) is 23.9 Å². The highest BCUT2D eigenvalue weighted by Gasteiger charge is 2.31. The van der Waals surface area contributed by atoms with Gasteiger partial charge in [0, 0.05) is 13.0 Å². The SMILES string of the molecule is CCOC(=O)C1Cc2cc(S(=O)(=O)NCC3CCCNC3)ccc2O1.Cl. The average molecular weight is 405 g/mol. The summed E-state index contributed by atoms with van der Waals surface area (Å²) in [6.45, 7) is 4.28. The molecule has 3 rings (SSSR count). The maximum atomic E-state index is 12.5. The van der Waals surface area contributed by atoms with Crippen LogP contribution >= 0.6 is 12.4 Å². The number of piperidine rings is 1. The molecule has 146 valence electrons. The molecule has 9 heteroatoms. The minimum Gasteiger partial charge on any atom is -0.478 e. The number of nitrogens with one attached hydrogen (secondary N) is 2. The first-order valence-corrected chi connectivity index (χ1v) is 10.1. The fourth-order valence-corrected chi connectivity index (χ4v) is 4.33. The van der Waals surface area contributed by atoms with Crippen molar-refractivity contribution in [1.29, 1.82) is 0 Å². The predicted molar refractivity (Wildman–Crippen MR) is 99.2 cm³/mol. The Balaban J connectivity index is 0.00000243. The van der Waals surface area contributed by atoms with E-state index in [0.29, 0.717) is 30.2 Å². The Bertz CT molecular complexity index is 735. The van der Waals surface area contributed by atoms with Crippen LogP contribution in [0.1, 0.15) is 25.3 Å². The quantitative estimate of drug-likeness (QED) is 0.693. The molecule has 0 radical (unpaired) electrons. The van der Waals surface area contributed by atoms with Gasteiger partial charge >= 0.3 is 5.97 Å². The standard InChI is InChI=1S/C17H24N2O5S.ClH/c1-2-23-17(20)16-9-13-8-14(5-6-15(13)24-16)25(21,22)19-11-12-4-3-7-18-10-12;/h5-6,8,12,16,18-19H,2-4,7,9-11H2,1H3;1H. The Morgan fingerprint density at radius 1 is 1.42 bits per heavy atom. The van der Waals surface area contributed by atoms with E-state index in [1.807, 2.05) is 0 Å². The highest BCUT2D eigenvalue weighted by molar-refractivity contribution is 7.89. The Kier molecular flexibility index (Phi) is 7.28. The van der Waals surface area contributed by atoms with Gasteiger partial charge in [0.25, 0.3) is 0 Å². The lowest BCUT2D eigenvalue weighted by molar-refractivity contribution is -0.150. The average Bonchev–Trinajstić information content (AvgIpc) is 3.05. The molecular formula is C17H25ClN2O5S. The molecule has 2 unspecified atom stereocenters. The van der Waals surface area contributed by atoms with Crippen LogP contribution in [0, 0.1) is 5.92 Å². The van der Waals surface area contributed by atoms with Gasteiger partial charge in [0.1, 0.15) is 5.75 Å². The summed E-state index contributed by atoms with van der Waals surface area (Å²) in [6.07, 6.45) is 1.71. The summed E-state index contributed by atoms with van der Waals surface area (Å²) in [5, 5.41) is 3.28. The minimum absolute atomic E-state index is 0. The number of sulfonamides is 1. The van der Waals surface area contributed by atoms with Crippen LogP contribution in [0.2, 0.25) is 0 Å². The lowest BCUT2D eigenvalue weighted by atomic mass is 10.0.